The van der Waals surface area contributed by atoms with Crippen LogP contribution in [0.4, 0.5) is 0 Å². The van der Waals surface area contributed by atoms with Crippen LogP contribution in [0.5, 0.6) is 0 Å². The van der Waals surface area contributed by atoms with E-state index in [1.807, 2.05) is 0 Å². The van der Waals surface area contributed by atoms with E-state index in [1.54, 1.807) is 6.92 Å². The van der Waals surface area contributed by atoms with Gasteiger partial charge in [0.15, 0.2) is 0 Å². The maximum absolute atomic E-state index is 10.1. The van der Waals surface area contributed by atoms with E-state index in [1.165, 1.54) is 6.92 Å². The van der Waals surface area contributed by atoms with Gasteiger partial charge in [0.25, 0.3) is 0 Å². The zero-order valence-electron chi connectivity index (χ0n) is 10.3. The number of rotatable bonds is 5. The van der Waals surface area contributed by atoms with E-state index in [0.29, 0.717) is 12.2 Å². The predicted molar refractivity (Wildman–Crippen MR) is 62.7 cm³/mol. The molecule has 0 amide bonds. The largest absolute Gasteiger partial charge is 0.478 e. The average molecular weight is 274 g/mol. The Labute approximate surface area is 108 Å². The highest BCUT2D eigenvalue weighted by molar-refractivity contribution is 5.94. The fourth-order valence-corrected chi connectivity index (χ4v) is 0.711. The molecule has 106 valence electrons. The van der Waals surface area contributed by atoms with Gasteiger partial charge in [-0.15, -0.1) is 0 Å². The van der Waals surface area contributed by atoms with Crippen LogP contribution in [0, 0.1) is 0 Å². The summed E-state index contributed by atoms with van der Waals surface area (Å²) >= 11 is 0. The molecule has 0 aliphatic carbocycles. The Bertz CT molecular complexity index is 430. The van der Waals surface area contributed by atoms with Gasteiger partial charge >= 0.3 is 23.9 Å². The molecule has 0 aromatic carbocycles. The average Bonchev–Trinajstić information content (AvgIpc) is 2.25. The fourth-order valence-electron chi connectivity index (χ4n) is 0.711. The van der Waals surface area contributed by atoms with Gasteiger partial charge in [-0.05, 0) is 13.3 Å². The van der Waals surface area contributed by atoms with Gasteiger partial charge in [0, 0.05) is 23.3 Å². The molecular formula is C11H14O8. The molecule has 0 atom stereocenters. The molecule has 0 aromatic heterocycles. The van der Waals surface area contributed by atoms with Crippen molar-refractivity contribution in [2.75, 3.05) is 0 Å². The van der Waals surface area contributed by atoms with Gasteiger partial charge in [-0.3, -0.25) is 0 Å². The van der Waals surface area contributed by atoms with Gasteiger partial charge in [0.2, 0.25) is 0 Å². The fraction of sp³-hybridized carbons (Fsp3) is 0.273. The third-order valence-electron chi connectivity index (χ3n) is 1.63. The Hall–Kier alpha value is -2.64. The second-order valence-electron chi connectivity index (χ2n) is 3.14. The van der Waals surface area contributed by atoms with Crippen LogP contribution in [-0.4, -0.2) is 44.3 Å². The van der Waals surface area contributed by atoms with Crippen molar-refractivity contribution in [2.24, 2.45) is 0 Å². The Kier molecular flexibility index (Phi) is 9.26. The second-order valence-corrected chi connectivity index (χ2v) is 3.14. The van der Waals surface area contributed by atoms with Crippen LogP contribution < -0.4 is 0 Å². The highest BCUT2D eigenvalue weighted by atomic mass is 16.4. The number of aliphatic carboxylic acids is 4. The summed E-state index contributed by atoms with van der Waals surface area (Å²) in [5.41, 5.74) is -0.269. The Morgan fingerprint density at radius 2 is 1.26 bits per heavy atom. The van der Waals surface area contributed by atoms with Crippen molar-refractivity contribution < 1.29 is 39.6 Å². The summed E-state index contributed by atoms with van der Waals surface area (Å²) < 4.78 is 0. The predicted octanol–water partition coefficient (Wildman–Crippen LogP) is 0.594. The molecule has 0 unspecified atom stereocenters. The minimum Gasteiger partial charge on any atom is -0.478 e. The monoisotopic (exact) mass is 274 g/mol. The van der Waals surface area contributed by atoms with Gasteiger partial charge in [-0.1, -0.05) is 6.92 Å². The standard InChI is InChI=1S/C6H8O4.C5H6O4/c1-2-4(6(9)10)3-5(7)8;1-3(5(8)9)2-4(6)7/h3H,2H2,1H3,(H,7,8)(H,9,10);2H,1H3,(H,6,7)(H,8,9)/b4-3-;3-2-. The number of hydrogen-bond acceptors (Lipinski definition) is 4. The van der Waals surface area contributed by atoms with Crippen molar-refractivity contribution in [3.8, 4) is 0 Å². The lowest BCUT2D eigenvalue weighted by Gasteiger charge is -1.92. The van der Waals surface area contributed by atoms with Crippen LogP contribution in [0.3, 0.4) is 0 Å². The highest BCUT2D eigenvalue weighted by Gasteiger charge is 2.05. The summed E-state index contributed by atoms with van der Waals surface area (Å²) in [6.45, 7) is 2.80. The number of carbonyl (C=O) groups is 4. The van der Waals surface area contributed by atoms with Crippen molar-refractivity contribution in [3.63, 3.8) is 0 Å². The molecule has 0 heterocycles. The first-order valence-corrected chi connectivity index (χ1v) is 4.93. The number of hydrogen-bond donors (Lipinski definition) is 4. The summed E-state index contributed by atoms with van der Waals surface area (Å²) in [5.74, 6) is -4.85. The van der Waals surface area contributed by atoms with Crippen LogP contribution in [0.15, 0.2) is 23.3 Å². The summed E-state index contributed by atoms with van der Waals surface area (Å²) in [5, 5.41) is 32.5. The zero-order chi connectivity index (χ0) is 15.6. The van der Waals surface area contributed by atoms with Gasteiger partial charge in [0.1, 0.15) is 0 Å². The first-order chi connectivity index (χ1) is 8.61. The quantitative estimate of drug-likeness (QED) is 0.532. The van der Waals surface area contributed by atoms with Crippen LogP contribution >= 0.6 is 0 Å². The van der Waals surface area contributed by atoms with Gasteiger partial charge in [-0.25, -0.2) is 19.2 Å². The normalized spacial score (nSPS) is 11.1. The Balaban J connectivity index is 0. The minimum atomic E-state index is -1.24. The zero-order valence-corrected chi connectivity index (χ0v) is 10.3. The first kappa shape index (κ1) is 18.7. The van der Waals surface area contributed by atoms with E-state index >= 15 is 0 Å². The summed E-state index contributed by atoms with van der Waals surface area (Å²) in [6, 6.07) is 0. The first-order valence-electron chi connectivity index (χ1n) is 4.93. The van der Waals surface area contributed by atoms with Crippen molar-refractivity contribution in [2.45, 2.75) is 20.3 Å². The molecule has 0 saturated carbocycles. The molecule has 8 nitrogen and oxygen atoms in total. The molecular weight excluding hydrogens is 260 g/mol. The minimum absolute atomic E-state index is 0.0903. The molecule has 8 heteroatoms. The van der Waals surface area contributed by atoms with Crippen molar-refractivity contribution in [3.05, 3.63) is 23.3 Å². The molecule has 0 aromatic rings. The summed E-state index contributed by atoms with van der Waals surface area (Å²) in [4.78, 5) is 39.7. The van der Waals surface area contributed by atoms with E-state index in [2.05, 4.69) is 0 Å². The smallest absolute Gasteiger partial charge is 0.331 e. The van der Waals surface area contributed by atoms with Crippen LogP contribution in [-0.2, 0) is 19.2 Å². The summed E-state index contributed by atoms with van der Waals surface area (Å²) in [7, 11) is 0. The van der Waals surface area contributed by atoms with Gasteiger partial charge in [0.05, 0.1) is 0 Å². The molecule has 0 aliphatic rings. The summed E-state index contributed by atoms with van der Waals surface area (Å²) in [6.07, 6.45) is 1.56. The maximum Gasteiger partial charge on any atom is 0.331 e. The lowest BCUT2D eigenvalue weighted by Crippen LogP contribution is -2.02. The Morgan fingerprint density at radius 3 is 1.37 bits per heavy atom. The van der Waals surface area contributed by atoms with Crippen molar-refractivity contribution >= 4 is 23.9 Å². The molecule has 0 rings (SSSR count). The molecule has 0 bridgehead atoms. The Morgan fingerprint density at radius 1 is 0.842 bits per heavy atom. The number of carboxylic acid groups (broad SMARTS) is 4. The lowest BCUT2D eigenvalue weighted by atomic mass is 10.2. The van der Waals surface area contributed by atoms with Crippen molar-refractivity contribution in [1.29, 1.82) is 0 Å². The van der Waals surface area contributed by atoms with Gasteiger partial charge < -0.3 is 20.4 Å². The molecule has 19 heavy (non-hydrogen) atoms. The third kappa shape index (κ3) is 11.6. The molecule has 0 saturated heterocycles. The molecule has 0 fully saturated rings. The lowest BCUT2D eigenvalue weighted by molar-refractivity contribution is -0.135. The highest BCUT2D eigenvalue weighted by Crippen LogP contribution is 1.98. The van der Waals surface area contributed by atoms with Crippen LogP contribution in [0.1, 0.15) is 20.3 Å². The second kappa shape index (κ2) is 9.40. The molecule has 0 radical (unpaired) electrons. The molecule has 0 aliphatic heterocycles. The van der Waals surface area contributed by atoms with Crippen LogP contribution in [0.25, 0.3) is 0 Å². The SMILES string of the molecule is C/C(=C/C(=O)O)C(=O)O.CC/C(=C/C(=O)O)C(=O)O. The van der Waals surface area contributed by atoms with E-state index in [9.17, 15) is 19.2 Å². The third-order valence-corrected chi connectivity index (χ3v) is 1.63. The topological polar surface area (TPSA) is 149 Å². The van der Waals surface area contributed by atoms with E-state index in [-0.39, 0.29) is 17.6 Å². The van der Waals surface area contributed by atoms with E-state index in [0.717, 1.165) is 0 Å². The maximum atomic E-state index is 10.1. The van der Waals surface area contributed by atoms with E-state index in [4.69, 9.17) is 20.4 Å². The molecule has 4 N–H and O–H groups in total. The van der Waals surface area contributed by atoms with E-state index < -0.39 is 23.9 Å². The molecule has 0 spiro atoms. The van der Waals surface area contributed by atoms with Crippen molar-refractivity contribution in [1.82, 2.24) is 0 Å². The van der Waals surface area contributed by atoms with Crippen LogP contribution in [0.2, 0.25) is 0 Å². The number of carboxylic acids is 4. The van der Waals surface area contributed by atoms with Gasteiger partial charge in [-0.2, -0.15) is 0 Å².